The predicted molar refractivity (Wildman–Crippen MR) is 80.7 cm³/mol. The van der Waals surface area contributed by atoms with Crippen molar-refractivity contribution in [2.75, 3.05) is 11.9 Å². The van der Waals surface area contributed by atoms with Crippen LogP contribution in [0, 0.1) is 0 Å². The molecule has 1 N–H and O–H groups in total. The summed E-state index contributed by atoms with van der Waals surface area (Å²) in [5, 5.41) is 8.12. The van der Waals surface area contributed by atoms with E-state index >= 15 is 0 Å². The van der Waals surface area contributed by atoms with Crippen LogP contribution < -0.4 is 5.32 Å². The molecule has 2 aromatic heterocycles. The normalized spacial score (nSPS) is 20.9. The van der Waals surface area contributed by atoms with Crippen molar-refractivity contribution in [1.29, 1.82) is 0 Å². The molecular weight excluding hydrogens is 413 g/mol. The molecule has 1 radical (unpaired) electrons. The zero-order valence-electron chi connectivity index (χ0n) is 11.5. The number of alkyl halides is 1. The van der Waals surface area contributed by atoms with Gasteiger partial charge >= 0.3 is 141 Å². The number of halogens is 2. The third-order valence-corrected chi connectivity index (χ3v) is 6.68. The van der Waals surface area contributed by atoms with Crippen LogP contribution in [0.4, 0.5) is 10.3 Å². The van der Waals surface area contributed by atoms with Crippen molar-refractivity contribution < 1.29 is 9.13 Å². The van der Waals surface area contributed by atoms with E-state index in [2.05, 4.69) is 23.4 Å². The molecule has 1 atom stereocenters. The molecule has 4 rings (SSSR count). The summed E-state index contributed by atoms with van der Waals surface area (Å²) >= 11 is 4.84. The summed E-state index contributed by atoms with van der Waals surface area (Å²) in [5.41, 5.74) is 1.27. The van der Waals surface area contributed by atoms with Crippen LogP contribution in [0.3, 0.4) is 0 Å². The maximum atomic E-state index is 14.2. The summed E-state index contributed by atoms with van der Waals surface area (Å²) in [7, 11) is 0. The summed E-state index contributed by atoms with van der Waals surface area (Å²) in [6, 6.07) is 0. The molecule has 0 unspecified atom stereocenters. The van der Waals surface area contributed by atoms with Crippen molar-refractivity contribution in [1.82, 2.24) is 19.7 Å². The van der Waals surface area contributed by atoms with E-state index in [1.165, 1.54) is 8.01 Å². The van der Waals surface area contributed by atoms with E-state index in [-0.39, 0.29) is 18.3 Å². The molecule has 0 aromatic carbocycles. The summed E-state index contributed by atoms with van der Waals surface area (Å²) in [6.45, 7) is 1.95. The van der Waals surface area contributed by atoms with Crippen LogP contribution in [0.15, 0.2) is 18.2 Å². The molecule has 10 heteroatoms. The van der Waals surface area contributed by atoms with Crippen molar-refractivity contribution >= 4 is 57.7 Å². The minimum absolute atomic E-state index is 0.0205. The van der Waals surface area contributed by atoms with Gasteiger partial charge in [0.2, 0.25) is 0 Å². The van der Waals surface area contributed by atoms with E-state index in [1.54, 1.807) is 6.20 Å². The van der Waals surface area contributed by atoms with E-state index in [0.717, 1.165) is 5.70 Å². The second kappa shape index (κ2) is 5.38. The van der Waals surface area contributed by atoms with Crippen molar-refractivity contribution in [3.8, 4) is 0 Å². The van der Waals surface area contributed by atoms with Gasteiger partial charge in [-0.05, 0) is 0 Å². The summed E-state index contributed by atoms with van der Waals surface area (Å²) in [6.07, 6.45) is 0.361. The second-order valence-electron chi connectivity index (χ2n) is 5.06. The Hall–Kier alpha value is -1.35. The van der Waals surface area contributed by atoms with Gasteiger partial charge in [0.1, 0.15) is 0 Å². The quantitative estimate of drug-likeness (QED) is 0.695. The Balaban J connectivity index is 1.86. The first-order valence-corrected chi connectivity index (χ1v) is 10.2. The van der Waals surface area contributed by atoms with E-state index in [0.29, 0.717) is 22.9 Å². The topological polar surface area (TPSA) is 77.2 Å². The fourth-order valence-electron chi connectivity index (χ4n) is 2.35. The van der Waals surface area contributed by atoms with Gasteiger partial charge in [0.05, 0.1) is 0 Å². The monoisotopic (exact) mass is 423 g/mol. The van der Waals surface area contributed by atoms with E-state index in [9.17, 15) is 4.39 Å². The van der Waals surface area contributed by atoms with Crippen LogP contribution >= 0.6 is 11.6 Å². The molecular formula is C12H10ClFInN6O. The molecule has 0 saturated heterocycles. The van der Waals surface area contributed by atoms with Gasteiger partial charge < -0.3 is 0 Å². The number of aromatic nitrogens is 4. The molecule has 7 nitrogen and oxygen atoms in total. The number of nitrogens with zero attached hydrogens (tertiary/aromatic N) is 5. The van der Waals surface area contributed by atoms with E-state index in [4.69, 9.17) is 16.3 Å². The van der Waals surface area contributed by atoms with Gasteiger partial charge in [-0.15, -0.1) is 0 Å². The van der Waals surface area contributed by atoms with Crippen LogP contribution in [0.25, 0.3) is 11.0 Å². The zero-order valence-corrected chi connectivity index (χ0v) is 15.6. The number of anilines is 1. The predicted octanol–water partition coefficient (Wildman–Crippen LogP) is 1.52. The molecule has 2 aliphatic rings. The number of nitrogens with one attached hydrogen (secondary N) is 1. The summed E-state index contributed by atoms with van der Waals surface area (Å²) in [5.74, 6) is 0.876. The fraction of sp³-hybridized carbons (Fsp3) is 0.333. The number of ether oxygens (including phenoxy) is 1. The third-order valence-electron chi connectivity index (χ3n) is 3.44. The molecule has 2 aromatic rings. The summed E-state index contributed by atoms with van der Waals surface area (Å²) in [4.78, 5) is 8.66. The van der Waals surface area contributed by atoms with Gasteiger partial charge in [-0.2, -0.15) is 0 Å². The zero-order chi connectivity index (χ0) is 15.3. The first kappa shape index (κ1) is 14.3. The maximum absolute atomic E-state index is 14.2. The van der Waals surface area contributed by atoms with Crippen LogP contribution in [-0.2, 0) is 11.3 Å². The Labute approximate surface area is 141 Å². The van der Waals surface area contributed by atoms with Crippen molar-refractivity contribution in [3.05, 3.63) is 20.4 Å². The number of fused-ring (bicyclic) bond motifs is 2. The SMILES string of the molecule is C[C]1=C2Nc3ncc4c(Cl)nn(c4n3)C[C@H](F)COC2=[N][In]1. The fourth-order valence-corrected chi connectivity index (χ4v) is 4.97. The molecule has 0 amide bonds. The van der Waals surface area contributed by atoms with E-state index in [1.807, 2.05) is 6.92 Å². The van der Waals surface area contributed by atoms with Gasteiger partial charge in [0.15, 0.2) is 0 Å². The number of hydrogen-bond acceptors (Lipinski definition) is 6. The van der Waals surface area contributed by atoms with Gasteiger partial charge in [0.25, 0.3) is 0 Å². The standard InChI is InChI=1S/C12H10ClFN6O.In/c1-2-8-10(15)21-5-6(14)4-20-11-7(9(13)19-20)3-16-12(17-8)18-11;/h3,6H,4-5H2,1H3,(H,16,17,18);/q-1;+1/t6-;/m0./s1. The van der Waals surface area contributed by atoms with Gasteiger partial charge in [-0.25, -0.2) is 0 Å². The molecule has 0 fully saturated rings. The van der Waals surface area contributed by atoms with Crippen LogP contribution in [-0.4, -0.2) is 61.6 Å². The number of hydrogen-bond donors (Lipinski definition) is 1. The Morgan fingerprint density at radius 2 is 2.41 bits per heavy atom. The third kappa shape index (κ3) is 2.36. The molecule has 0 saturated carbocycles. The Bertz CT molecular complexity index is 834. The number of rotatable bonds is 0. The molecule has 0 aliphatic carbocycles. The molecule has 4 heterocycles. The Morgan fingerprint density at radius 3 is 3.27 bits per heavy atom. The first-order valence-electron chi connectivity index (χ1n) is 6.67. The second-order valence-corrected chi connectivity index (χ2v) is 9.36. The van der Waals surface area contributed by atoms with Crippen LogP contribution in [0.1, 0.15) is 6.92 Å². The van der Waals surface area contributed by atoms with Crippen molar-refractivity contribution in [2.24, 2.45) is 2.98 Å². The van der Waals surface area contributed by atoms with Gasteiger partial charge in [-0.3, -0.25) is 0 Å². The van der Waals surface area contributed by atoms with Gasteiger partial charge in [0, 0.05) is 0 Å². The average Bonchev–Trinajstić information content (AvgIpc) is 2.98. The van der Waals surface area contributed by atoms with E-state index < -0.39 is 29.4 Å². The summed E-state index contributed by atoms with van der Waals surface area (Å²) < 4.78 is 26.8. The van der Waals surface area contributed by atoms with Crippen molar-refractivity contribution in [3.63, 3.8) is 0 Å². The molecule has 111 valence electrons. The first-order chi connectivity index (χ1) is 10.6. The molecule has 0 spiro atoms. The average molecular weight is 424 g/mol. The Kier molecular flexibility index (Phi) is 3.48. The van der Waals surface area contributed by atoms with Crippen LogP contribution in [0.2, 0.25) is 5.15 Å². The van der Waals surface area contributed by atoms with Crippen molar-refractivity contribution in [2.45, 2.75) is 19.6 Å². The molecule has 2 bridgehead atoms. The Morgan fingerprint density at radius 1 is 1.55 bits per heavy atom. The minimum atomic E-state index is -1.23. The number of allylic oxidation sites excluding steroid dienone is 1. The van der Waals surface area contributed by atoms with Crippen LogP contribution in [0.5, 0.6) is 0 Å². The molecule has 22 heavy (non-hydrogen) atoms. The van der Waals surface area contributed by atoms with Gasteiger partial charge in [-0.1, -0.05) is 0 Å². The molecule has 2 aliphatic heterocycles.